The van der Waals surface area contributed by atoms with Crippen LogP contribution in [0.1, 0.15) is 20.1 Å². The molecule has 0 fully saturated rings. The first-order valence-electron chi connectivity index (χ1n) is 8.66. The normalized spacial score (nSPS) is 10.8. The summed E-state index contributed by atoms with van der Waals surface area (Å²) in [6.45, 7) is 2.43. The fourth-order valence-corrected chi connectivity index (χ4v) is 4.45. The van der Waals surface area contributed by atoms with Crippen molar-refractivity contribution in [2.45, 2.75) is 13.5 Å². The number of methoxy groups -OCH3 is 1. The number of nitrogens with zero attached hydrogens (tertiary/aromatic N) is 1. The molecule has 4 aromatic rings. The van der Waals surface area contributed by atoms with E-state index in [0.29, 0.717) is 33.6 Å². The molecule has 2 aromatic carbocycles. The van der Waals surface area contributed by atoms with Gasteiger partial charge in [0.05, 0.1) is 12.0 Å². The fraction of sp³-hybridized carbons (Fsp3) is 0.143. The number of thiophene rings is 1. The third-order valence-electron chi connectivity index (χ3n) is 4.11. The average molecular weight is 411 g/mol. The molecule has 2 heterocycles. The Balaban J connectivity index is 1.61. The lowest BCUT2D eigenvalue weighted by Crippen LogP contribution is -2.09. The average Bonchev–Trinajstić information content (AvgIpc) is 3.33. The second-order valence-corrected chi connectivity index (χ2v) is 8.39. The van der Waals surface area contributed by atoms with E-state index in [4.69, 9.17) is 9.47 Å². The van der Waals surface area contributed by atoms with Crippen molar-refractivity contribution in [3.8, 4) is 11.5 Å². The van der Waals surface area contributed by atoms with Crippen molar-refractivity contribution in [3.05, 3.63) is 69.9 Å². The van der Waals surface area contributed by atoms with E-state index in [-0.39, 0.29) is 5.91 Å². The van der Waals surface area contributed by atoms with Gasteiger partial charge in [0, 0.05) is 4.88 Å². The van der Waals surface area contributed by atoms with Gasteiger partial charge in [-0.15, -0.1) is 11.3 Å². The summed E-state index contributed by atoms with van der Waals surface area (Å²) < 4.78 is 12.3. The minimum atomic E-state index is -0.164. The molecule has 5 nitrogen and oxygen atoms in total. The number of fused-ring (bicyclic) bond motifs is 1. The Labute approximate surface area is 170 Å². The van der Waals surface area contributed by atoms with Crippen molar-refractivity contribution in [1.29, 1.82) is 0 Å². The molecular formula is C21H18N2O3S2. The number of rotatable bonds is 6. The fourth-order valence-electron chi connectivity index (χ4n) is 2.74. The number of amides is 1. The molecule has 1 N–H and O–H groups in total. The van der Waals surface area contributed by atoms with Gasteiger partial charge in [0.25, 0.3) is 5.91 Å². The Morgan fingerprint density at radius 3 is 2.54 bits per heavy atom. The largest absolute Gasteiger partial charge is 0.494 e. The zero-order chi connectivity index (χ0) is 19.5. The molecule has 0 aliphatic carbocycles. The second-order valence-electron chi connectivity index (χ2n) is 6.10. The van der Waals surface area contributed by atoms with Gasteiger partial charge in [-0.3, -0.25) is 10.1 Å². The van der Waals surface area contributed by atoms with Crippen LogP contribution in [0.15, 0.2) is 54.6 Å². The van der Waals surface area contributed by atoms with Crippen LogP contribution in [0.5, 0.6) is 11.5 Å². The minimum Gasteiger partial charge on any atom is -0.494 e. The van der Waals surface area contributed by atoms with Crippen LogP contribution in [0.2, 0.25) is 0 Å². The molecule has 0 atom stereocenters. The van der Waals surface area contributed by atoms with Crippen LogP contribution in [-0.4, -0.2) is 18.0 Å². The van der Waals surface area contributed by atoms with E-state index in [1.807, 2.05) is 61.5 Å². The number of benzene rings is 2. The zero-order valence-corrected chi connectivity index (χ0v) is 17.0. The van der Waals surface area contributed by atoms with Crippen LogP contribution < -0.4 is 14.8 Å². The summed E-state index contributed by atoms with van der Waals surface area (Å²) in [5.74, 6) is 1.19. The van der Waals surface area contributed by atoms with Gasteiger partial charge in [-0.1, -0.05) is 41.7 Å². The summed E-state index contributed by atoms with van der Waals surface area (Å²) in [5.41, 5.74) is 1.76. The lowest BCUT2D eigenvalue weighted by molar-refractivity contribution is 0.103. The van der Waals surface area contributed by atoms with E-state index < -0.39 is 0 Å². The van der Waals surface area contributed by atoms with Gasteiger partial charge in [-0.2, -0.15) is 0 Å². The molecule has 7 heteroatoms. The van der Waals surface area contributed by atoms with Gasteiger partial charge in [0.1, 0.15) is 28.3 Å². The number of aryl methyl sites for hydroxylation is 1. The van der Waals surface area contributed by atoms with E-state index >= 15 is 0 Å². The molecule has 0 aliphatic rings. The summed E-state index contributed by atoms with van der Waals surface area (Å²) in [6, 6.07) is 17.4. The molecule has 0 radical (unpaired) electrons. The van der Waals surface area contributed by atoms with Crippen molar-refractivity contribution < 1.29 is 14.3 Å². The summed E-state index contributed by atoms with van der Waals surface area (Å²) in [6.07, 6.45) is 0. The first-order chi connectivity index (χ1) is 13.6. The van der Waals surface area contributed by atoms with E-state index in [2.05, 4.69) is 10.3 Å². The van der Waals surface area contributed by atoms with Crippen LogP contribution in [-0.2, 0) is 6.61 Å². The van der Waals surface area contributed by atoms with Crippen molar-refractivity contribution in [2.75, 3.05) is 12.4 Å². The lowest BCUT2D eigenvalue weighted by Gasteiger charge is -2.08. The number of ether oxygens (including phenoxy) is 2. The van der Waals surface area contributed by atoms with E-state index in [1.165, 1.54) is 22.7 Å². The molecular weight excluding hydrogens is 392 g/mol. The smallest absolute Gasteiger partial charge is 0.267 e. The maximum atomic E-state index is 12.5. The molecule has 1 amide bonds. The number of anilines is 1. The molecule has 0 saturated carbocycles. The summed E-state index contributed by atoms with van der Waals surface area (Å²) in [5, 5.41) is 3.40. The van der Waals surface area contributed by atoms with Crippen LogP contribution in [0, 0.1) is 6.92 Å². The van der Waals surface area contributed by atoms with E-state index in [1.54, 1.807) is 7.11 Å². The monoisotopic (exact) mass is 410 g/mol. The molecule has 0 aliphatic heterocycles. The minimum absolute atomic E-state index is 0.164. The SMILES string of the molecule is COc1ccc(OCc2ccccc2)c2sc(NC(=O)c3ccc(C)s3)nc12. The number of aromatic nitrogens is 1. The van der Waals surface area contributed by atoms with Gasteiger partial charge < -0.3 is 9.47 Å². The quantitative estimate of drug-likeness (QED) is 0.456. The first kappa shape index (κ1) is 18.5. The molecule has 2 aromatic heterocycles. The molecule has 28 heavy (non-hydrogen) atoms. The van der Waals surface area contributed by atoms with Crippen molar-refractivity contribution >= 4 is 43.9 Å². The topological polar surface area (TPSA) is 60.5 Å². The second kappa shape index (κ2) is 8.00. The summed E-state index contributed by atoms with van der Waals surface area (Å²) in [4.78, 5) is 18.8. The van der Waals surface area contributed by atoms with Crippen LogP contribution in [0.3, 0.4) is 0 Å². The van der Waals surface area contributed by atoms with Crippen LogP contribution in [0.4, 0.5) is 5.13 Å². The molecule has 0 saturated heterocycles. The number of nitrogens with one attached hydrogen (secondary N) is 1. The Hall–Kier alpha value is -2.90. The highest BCUT2D eigenvalue weighted by Gasteiger charge is 2.17. The maximum absolute atomic E-state index is 12.5. The van der Waals surface area contributed by atoms with Gasteiger partial charge >= 0.3 is 0 Å². The summed E-state index contributed by atoms with van der Waals surface area (Å²) >= 11 is 2.83. The van der Waals surface area contributed by atoms with Crippen molar-refractivity contribution in [1.82, 2.24) is 4.98 Å². The Morgan fingerprint density at radius 1 is 1.04 bits per heavy atom. The number of hydrogen-bond acceptors (Lipinski definition) is 6. The van der Waals surface area contributed by atoms with Gasteiger partial charge in [-0.25, -0.2) is 4.98 Å². The highest BCUT2D eigenvalue weighted by Crippen LogP contribution is 2.39. The molecule has 0 unspecified atom stereocenters. The zero-order valence-electron chi connectivity index (χ0n) is 15.4. The third kappa shape index (κ3) is 3.85. The molecule has 4 rings (SSSR count). The summed E-state index contributed by atoms with van der Waals surface area (Å²) in [7, 11) is 1.60. The number of hydrogen-bond donors (Lipinski definition) is 1. The van der Waals surface area contributed by atoms with E-state index in [0.717, 1.165) is 15.1 Å². The number of carbonyl (C=O) groups excluding carboxylic acids is 1. The predicted molar refractivity (Wildman–Crippen MR) is 114 cm³/mol. The maximum Gasteiger partial charge on any atom is 0.267 e. The van der Waals surface area contributed by atoms with Crippen LogP contribution in [0.25, 0.3) is 10.2 Å². The third-order valence-corrected chi connectivity index (χ3v) is 6.10. The first-order valence-corrected chi connectivity index (χ1v) is 10.3. The van der Waals surface area contributed by atoms with Gasteiger partial charge in [-0.05, 0) is 36.8 Å². The van der Waals surface area contributed by atoms with Crippen molar-refractivity contribution in [2.24, 2.45) is 0 Å². The lowest BCUT2D eigenvalue weighted by atomic mass is 10.2. The Bertz CT molecular complexity index is 1120. The van der Waals surface area contributed by atoms with Crippen LogP contribution >= 0.6 is 22.7 Å². The highest BCUT2D eigenvalue weighted by atomic mass is 32.1. The Kier molecular flexibility index (Phi) is 5.27. The molecule has 0 bridgehead atoms. The standard InChI is InChI=1S/C21H18N2O3S2/c1-13-8-11-17(27-13)20(24)23-21-22-18-15(25-2)9-10-16(19(18)28-21)26-12-14-6-4-3-5-7-14/h3-11H,12H2,1-2H3,(H,22,23,24). The Morgan fingerprint density at radius 2 is 1.82 bits per heavy atom. The highest BCUT2D eigenvalue weighted by molar-refractivity contribution is 7.23. The molecule has 142 valence electrons. The predicted octanol–water partition coefficient (Wildman–Crippen LogP) is 5.51. The van der Waals surface area contributed by atoms with Gasteiger partial charge in [0.15, 0.2) is 5.13 Å². The van der Waals surface area contributed by atoms with Gasteiger partial charge in [0.2, 0.25) is 0 Å². The van der Waals surface area contributed by atoms with E-state index in [9.17, 15) is 4.79 Å². The number of carbonyl (C=O) groups is 1. The molecule has 0 spiro atoms. The number of thiazole rings is 1. The van der Waals surface area contributed by atoms with Crippen molar-refractivity contribution in [3.63, 3.8) is 0 Å².